The Hall–Kier alpha value is -1.78. The van der Waals surface area contributed by atoms with Crippen molar-refractivity contribution < 1.29 is 23.1 Å². The van der Waals surface area contributed by atoms with Crippen LogP contribution in [-0.4, -0.2) is 18.4 Å². The van der Waals surface area contributed by atoms with E-state index in [1.54, 1.807) is 6.92 Å². The topological polar surface area (TPSA) is 43.4 Å². The second kappa shape index (κ2) is 7.47. The van der Waals surface area contributed by atoms with Gasteiger partial charge in [0.15, 0.2) is 5.78 Å². The SMILES string of the molecule is CCOC(=O)CC(=O)c1cc(F)c(C2CCCCC2)c(F)c1. The second-order valence-electron chi connectivity index (χ2n) is 5.59. The van der Waals surface area contributed by atoms with Gasteiger partial charge in [-0.1, -0.05) is 19.3 Å². The minimum Gasteiger partial charge on any atom is -0.466 e. The second-order valence-corrected chi connectivity index (χ2v) is 5.59. The van der Waals surface area contributed by atoms with Crippen LogP contribution < -0.4 is 0 Å². The molecule has 0 amide bonds. The number of Topliss-reactive ketones (excluding diaryl/α,β-unsaturated/α-hetero) is 1. The molecule has 1 aromatic rings. The minimum atomic E-state index is -0.695. The summed E-state index contributed by atoms with van der Waals surface area (Å²) in [5.41, 5.74) is -0.0463. The number of ketones is 1. The Labute approximate surface area is 128 Å². The third-order valence-electron chi connectivity index (χ3n) is 4.02. The molecule has 0 atom stereocenters. The molecule has 0 heterocycles. The van der Waals surface area contributed by atoms with Crippen molar-refractivity contribution in [3.63, 3.8) is 0 Å². The van der Waals surface area contributed by atoms with Crippen molar-refractivity contribution >= 4 is 11.8 Å². The summed E-state index contributed by atoms with van der Waals surface area (Å²) in [6, 6.07) is 2.07. The van der Waals surface area contributed by atoms with Gasteiger partial charge in [0.2, 0.25) is 0 Å². The molecule has 0 N–H and O–H groups in total. The molecule has 0 radical (unpaired) electrons. The van der Waals surface area contributed by atoms with Crippen LogP contribution >= 0.6 is 0 Å². The maximum absolute atomic E-state index is 14.2. The van der Waals surface area contributed by atoms with E-state index >= 15 is 0 Å². The molecule has 2 rings (SSSR count). The van der Waals surface area contributed by atoms with Gasteiger partial charge >= 0.3 is 5.97 Å². The highest BCUT2D eigenvalue weighted by Crippen LogP contribution is 2.35. The third-order valence-corrected chi connectivity index (χ3v) is 4.02. The lowest BCUT2D eigenvalue weighted by Crippen LogP contribution is -2.14. The van der Waals surface area contributed by atoms with Gasteiger partial charge in [-0.3, -0.25) is 9.59 Å². The Kier molecular flexibility index (Phi) is 5.63. The smallest absolute Gasteiger partial charge is 0.313 e. The zero-order valence-corrected chi connectivity index (χ0v) is 12.7. The fourth-order valence-corrected chi connectivity index (χ4v) is 2.97. The summed E-state index contributed by atoms with van der Waals surface area (Å²) in [5.74, 6) is -2.84. The molecule has 1 aromatic carbocycles. The molecule has 0 aliphatic heterocycles. The first-order valence-electron chi connectivity index (χ1n) is 7.70. The van der Waals surface area contributed by atoms with Crippen molar-refractivity contribution in [2.75, 3.05) is 6.61 Å². The first-order valence-corrected chi connectivity index (χ1v) is 7.70. The summed E-state index contributed by atoms with van der Waals surface area (Å²) in [6.45, 7) is 1.79. The lowest BCUT2D eigenvalue weighted by molar-refractivity contribution is -0.141. The van der Waals surface area contributed by atoms with Crippen LogP contribution in [0.15, 0.2) is 12.1 Å². The summed E-state index contributed by atoms with van der Waals surface area (Å²) < 4.78 is 33.1. The number of rotatable bonds is 5. The van der Waals surface area contributed by atoms with Crippen molar-refractivity contribution in [2.45, 2.75) is 51.4 Å². The quantitative estimate of drug-likeness (QED) is 0.466. The summed E-state index contributed by atoms with van der Waals surface area (Å²) >= 11 is 0. The van der Waals surface area contributed by atoms with Crippen LogP contribution in [0, 0.1) is 11.6 Å². The van der Waals surface area contributed by atoms with Gasteiger partial charge in [-0.15, -0.1) is 0 Å². The van der Waals surface area contributed by atoms with Gasteiger partial charge in [0.25, 0.3) is 0 Å². The molecule has 0 spiro atoms. The van der Waals surface area contributed by atoms with E-state index in [2.05, 4.69) is 4.74 Å². The van der Waals surface area contributed by atoms with E-state index in [0.717, 1.165) is 44.2 Å². The molecule has 0 bridgehead atoms. The standard InChI is InChI=1S/C17H20F2O3/c1-2-22-16(21)10-15(20)12-8-13(18)17(14(19)9-12)11-6-4-3-5-7-11/h8-9,11H,2-7,10H2,1H3. The average molecular weight is 310 g/mol. The van der Waals surface area contributed by atoms with Crippen LogP contribution in [-0.2, 0) is 9.53 Å². The van der Waals surface area contributed by atoms with Gasteiger partial charge in [-0.25, -0.2) is 8.78 Å². The molecular formula is C17H20F2O3. The van der Waals surface area contributed by atoms with Crippen molar-refractivity contribution in [3.8, 4) is 0 Å². The lowest BCUT2D eigenvalue weighted by atomic mass is 9.83. The van der Waals surface area contributed by atoms with Crippen LogP contribution in [0.5, 0.6) is 0 Å². The van der Waals surface area contributed by atoms with Gasteiger partial charge in [0.1, 0.15) is 18.1 Å². The van der Waals surface area contributed by atoms with E-state index in [1.165, 1.54) is 0 Å². The van der Waals surface area contributed by atoms with E-state index in [0.29, 0.717) is 0 Å². The number of benzene rings is 1. The molecule has 0 saturated heterocycles. The summed E-state index contributed by atoms with van der Waals surface area (Å²) in [7, 11) is 0. The van der Waals surface area contributed by atoms with E-state index in [1.807, 2.05) is 0 Å². The maximum Gasteiger partial charge on any atom is 0.313 e. The molecule has 0 aromatic heterocycles. The van der Waals surface area contributed by atoms with E-state index in [9.17, 15) is 18.4 Å². The van der Waals surface area contributed by atoms with Crippen LogP contribution in [0.25, 0.3) is 0 Å². The number of hydrogen-bond donors (Lipinski definition) is 0. The highest BCUT2D eigenvalue weighted by molar-refractivity contribution is 6.06. The van der Waals surface area contributed by atoms with Gasteiger partial charge in [0, 0.05) is 11.1 Å². The third kappa shape index (κ3) is 3.90. The molecule has 1 aliphatic carbocycles. The Morgan fingerprint density at radius 1 is 1.14 bits per heavy atom. The predicted octanol–water partition coefficient (Wildman–Crippen LogP) is 4.15. The van der Waals surface area contributed by atoms with E-state index in [-0.39, 0.29) is 23.7 Å². The highest BCUT2D eigenvalue weighted by Gasteiger charge is 2.24. The fourth-order valence-electron chi connectivity index (χ4n) is 2.97. The van der Waals surface area contributed by atoms with Crippen LogP contribution in [0.3, 0.4) is 0 Å². The highest BCUT2D eigenvalue weighted by atomic mass is 19.1. The molecular weight excluding hydrogens is 290 g/mol. The molecule has 22 heavy (non-hydrogen) atoms. The Morgan fingerprint density at radius 3 is 2.27 bits per heavy atom. The molecule has 1 saturated carbocycles. The summed E-state index contributed by atoms with van der Waals surface area (Å²) in [5, 5.41) is 0. The number of hydrogen-bond acceptors (Lipinski definition) is 3. The first-order chi connectivity index (χ1) is 10.5. The minimum absolute atomic E-state index is 0.0763. The van der Waals surface area contributed by atoms with Crippen molar-refractivity contribution in [1.29, 1.82) is 0 Å². The zero-order chi connectivity index (χ0) is 16.1. The summed E-state index contributed by atoms with van der Waals surface area (Å²) in [6.07, 6.45) is 4.05. The maximum atomic E-state index is 14.2. The van der Waals surface area contributed by atoms with Crippen LogP contribution in [0.4, 0.5) is 8.78 Å². The number of esters is 1. The Balaban J connectivity index is 2.18. The van der Waals surface area contributed by atoms with Crippen molar-refractivity contribution in [1.82, 2.24) is 0 Å². The average Bonchev–Trinajstić information content (AvgIpc) is 2.47. The van der Waals surface area contributed by atoms with Crippen LogP contribution in [0.2, 0.25) is 0 Å². The van der Waals surface area contributed by atoms with Gasteiger partial charge < -0.3 is 4.74 Å². The molecule has 1 aliphatic rings. The number of carbonyl (C=O) groups excluding carboxylic acids is 2. The summed E-state index contributed by atoms with van der Waals surface area (Å²) in [4.78, 5) is 23.2. The predicted molar refractivity (Wildman–Crippen MR) is 77.8 cm³/mol. The fraction of sp³-hybridized carbons (Fsp3) is 0.529. The molecule has 5 heteroatoms. The van der Waals surface area contributed by atoms with Gasteiger partial charge in [0.05, 0.1) is 6.61 Å². The van der Waals surface area contributed by atoms with Gasteiger partial charge in [-0.2, -0.15) is 0 Å². The van der Waals surface area contributed by atoms with Gasteiger partial charge in [-0.05, 0) is 37.8 Å². The van der Waals surface area contributed by atoms with E-state index in [4.69, 9.17) is 0 Å². The zero-order valence-electron chi connectivity index (χ0n) is 12.7. The van der Waals surface area contributed by atoms with Crippen LogP contribution in [0.1, 0.15) is 67.3 Å². The largest absolute Gasteiger partial charge is 0.466 e. The normalized spacial score (nSPS) is 15.6. The first kappa shape index (κ1) is 16.6. The lowest BCUT2D eigenvalue weighted by Gasteiger charge is -2.23. The molecule has 0 unspecified atom stereocenters. The molecule has 3 nitrogen and oxygen atoms in total. The van der Waals surface area contributed by atoms with Crippen molar-refractivity contribution in [2.24, 2.45) is 0 Å². The number of halogens is 2. The van der Waals surface area contributed by atoms with Crippen molar-refractivity contribution in [3.05, 3.63) is 34.9 Å². The van der Waals surface area contributed by atoms with E-state index < -0.39 is 29.8 Å². The molecule has 1 fully saturated rings. The Morgan fingerprint density at radius 2 is 1.73 bits per heavy atom. The monoisotopic (exact) mass is 310 g/mol. The molecule has 120 valence electrons. The Bertz CT molecular complexity index is 540. The number of ether oxygens (including phenoxy) is 1. The number of carbonyl (C=O) groups is 2.